The second-order valence-electron chi connectivity index (χ2n) is 9.12. The molecule has 1 aromatic heterocycles. The van der Waals surface area contributed by atoms with E-state index in [2.05, 4.69) is 109 Å². The summed E-state index contributed by atoms with van der Waals surface area (Å²) in [6, 6.07) is 45.6. The van der Waals surface area contributed by atoms with Gasteiger partial charge in [-0.2, -0.15) is 0 Å². The molecule has 0 unspecified atom stereocenters. The molecule has 0 aliphatic carbocycles. The largest absolute Gasteiger partial charge is 0.135 e. The summed E-state index contributed by atoms with van der Waals surface area (Å²) in [6.45, 7) is 0. The van der Waals surface area contributed by atoms with Crippen LogP contribution in [0.2, 0.25) is 5.02 Å². The number of hydrogen-bond donors (Lipinski definition) is 0. The van der Waals surface area contributed by atoms with Gasteiger partial charge < -0.3 is 0 Å². The zero-order valence-corrected chi connectivity index (χ0v) is 21.0. The van der Waals surface area contributed by atoms with Crippen molar-refractivity contribution in [1.29, 1.82) is 0 Å². The molecule has 36 heavy (non-hydrogen) atoms. The Morgan fingerprint density at radius 3 is 2.06 bits per heavy atom. The summed E-state index contributed by atoms with van der Waals surface area (Å²) < 4.78 is 2.62. The van der Waals surface area contributed by atoms with Crippen molar-refractivity contribution in [3.63, 3.8) is 0 Å². The van der Waals surface area contributed by atoms with E-state index in [1.165, 1.54) is 58.8 Å². The van der Waals surface area contributed by atoms with Gasteiger partial charge in [0, 0.05) is 30.8 Å². The van der Waals surface area contributed by atoms with Crippen molar-refractivity contribution in [2.75, 3.05) is 0 Å². The van der Waals surface area contributed by atoms with Crippen LogP contribution in [0, 0.1) is 0 Å². The van der Waals surface area contributed by atoms with Crippen LogP contribution < -0.4 is 0 Å². The van der Waals surface area contributed by atoms with Gasteiger partial charge in [-0.3, -0.25) is 0 Å². The summed E-state index contributed by atoms with van der Waals surface area (Å²) in [7, 11) is 0. The molecular weight excluding hydrogens is 476 g/mol. The molecule has 6 aromatic carbocycles. The third kappa shape index (κ3) is 3.60. The molecule has 0 amide bonds. The fourth-order valence-corrected chi connectivity index (χ4v) is 6.58. The van der Waals surface area contributed by atoms with Crippen molar-refractivity contribution in [2.24, 2.45) is 0 Å². The number of rotatable bonds is 3. The highest BCUT2D eigenvalue weighted by atomic mass is 35.5. The third-order valence-electron chi connectivity index (χ3n) is 6.91. The second-order valence-corrected chi connectivity index (χ2v) is 10.6. The monoisotopic (exact) mass is 496 g/mol. The predicted octanol–water partition coefficient (Wildman–Crippen LogP) is 10.9. The zero-order valence-electron chi connectivity index (χ0n) is 19.4. The average molecular weight is 497 g/mol. The van der Waals surface area contributed by atoms with E-state index < -0.39 is 0 Å². The molecule has 0 atom stereocenters. The van der Waals surface area contributed by atoms with Crippen LogP contribution >= 0.6 is 22.9 Å². The van der Waals surface area contributed by atoms with Crippen molar-refractivity contribution >= 4 is 53.9 Å². The fourth-order valence-electron chi connectivity index (χ4n) is 5.19. The summed E-state index contributed by atoms with van der Waals surface area (Å²) in [5.41, 5.74) is 7.34. The van der Waals surface area contributed by atoms with Crippen molar-refractivity contribution in [1.82, 2.24) is 0 Å². The molecule has 2 heteroatoms. The number of hydrogen-bond acceptors (Lipinski definition) is 1. The van der Waals surface area contributed by atoms with E-state index in [-0.39, 0.29) is 0 Å². The highest BCUT2D eigenvalue weighted by Gasteiger charge is 2.15. The van der Waals surface area contributed by atoms with Gasteiger partial charge in [-0.15, -0.1) is 11.3 Å². The maximum Gasteiger partial charge on any atom is 0.0434 e. The molecular formula is C34H21ClS. The standard InChI is InChI=1S/C34H21ClS/c35-27-13-6-12-24(18-27)25-16-17-33-31(19-25)32-21-26(29-15-7-11-22-10-4-5-14-28(22)29)20-30(34(32)36-33)23-8-2-1-3-9-23/h1-21H. The van der Waals surface area contributed by atoms with E-state index in [9.17, 15) is 0 Å². The highest BCUT2D eigenvalue weighted by Crippen LogP contribution is 2.44. The number of thiophene rings is 1. The van der Waals surface area contributed by atoms with E-state index in [1.54, 1.807) is 0 Å². The fraction of sp³-hybridized carbons (Fsp3) is 0. The van der Waals surface area contributed by atoms with E-state index >= 15 is 0 Å². The maximum atomic E-state index is 6.31. The smallest absolute Gasteiger partial charge is 0.0434 e. The molecule has 7 rings (SSSR count). The highest BCUT2D eigenvalue weighted by molar-refractivity contribution is 7.26. The van der Waals surface area contributed by atoms with Gasteiger partial charge in [0.2, 0.25) is 0 Å². The summed E-state index contributed by atoms with van der Waals surface area (Å²) in [6.07, 6.45) is 0. The summed E-state index contributed by atoms with van der Waals surface area (Å²) >= 11 is 8.19. The topological polar surface area (TPSA) is 0 Å². The first-order chi connectivity index (χ1) is 17.7. The third-order valence-corrected chi connectivity index (χ3v) is 8.37. The molecule has 0 aliphatic rings. The molecule has 0 saturated heterocycles. The van der Waals surface area contributed by atoms with Crippen molar-refractivity contribution in [3.8, 4) is 33.4 Å². The van der Waals surface area contributed by atoms with Gasteiger partial charge in [0.05, 0.1) is 0 Å². The molecule has 0 N–H and O–H groups in total. The molecule has 0 aliphatic heterocycles. The van der Waals surface area contributed by atoms with Gasteiger partial charge in [-0.1, -0.05) is 103 Å². The van der Waals surface area contributed by atoms with Crippen molar-refractivity contribution in [2.45, 2.75) is 0 Å². The number of fused-ring (bicyclic) bond motifs is 4. The van der Waals surface area contributed by atoms with Crippen LogP contribution in [0.25, 0.3) is 64.3 Å². The first kappa shape index (κ1) is 21.4. The molecule has 0 radical (unpaired) electrons. The maximum absolute atomic E-state index is 6.31. The lowest BCUT2D eigenvalue weighted by atomic mass is 9.93. The van der Waals surface area contributed by atoms with Crippen LogP contribution in [0.5, 0.6) is 0 Å². The summed E-state index contributed by atoms with van der Waals surface area (Å²) in [4.78, 5) is 0. The molecule has 0 spiro atoms. The Balaban J connectivity index is 1.55. The molecule has 170 valence electrons. The Hall–Kier alpha value is -3.91. The molecule has 0 fully saturated rings. The molecule has 7 aromatic rings. The van der Waals surface area contributed by atoms with Gasteiger partial charge in [0.1, 0.15) is 0 Å². The lowest BCUT2D eigenvalue weighted by Crippen LogP contribution is -1.85. The van der Waals surface area contributed by atoms with Gasteiger partial charge in [0.15, 0.2) is 0 Å². The van der Waals surface area contributed by atoms with Gasteiger partial charge in [0.25, 0.3) is 0 Å². The number of halogens is 1. The van der Waals surface area contributed by atoms with Crippen LogP contribution in [0.1, 0.15) is 0 Å². The molecule has 0 saturated carbocycles. The minimum Gasteiger partial charge on any atom is -0.135 e. The van der Waals surface area contributed by atoms with Crippen molar-refractivity contribution in [3.05, 3.63) is 132 Å². The van der Waals surface area contributed by atoms with E-state index in [0.717, 1.165) is 10.6 Å². The minimum absolute atomic E-state index is 0.757. The van der Waals surface area contributed by atoms with Crippen LogP contribution in [-0.2, 0) is 0 Å². The van der Waals surface area contributed by atoms with Crippen LogP contribution in [0.15, 0.2) is 127 Å². The number of benzene rings is 6. The second kappa shape index (κ2) is 8.64. The Morgan fingerprint density at radius 1 is 0.444 bits per heavy atom. The van der Waals surface area contributed by atoms with Gasteiger partial charge >= 0.3 is 0 Å². The summed E-state index contributed by atoms with van der Waals surface area (Å²) in [5, 5.41) is 5.87. The summed E-state index contributed by atoms with van der Waals surface area (Å²) in [5.74, 6) is 0. The first-order valence-corrected chi connectivity index (χ1v) is 13.2. The minimum atomic E-state index is 0.757. The Kier molecular flexibility index (Phi) is 5.13. The lowest BCUT2D eigenvalue weighted by Gasteiger charge is -2.11. The van der Waals surface area contributed by atoms with Crippen LogP contribution in [0.4, 0.5) is 0 Å². The lowest BCUT2D eigenvalue weighted by molar-refractivity contribution is 1.65. The van der Waals surface area contributed by atoms with Crippen LogP contribution in [0.3, 0.4) is 0 Å². The Labute approximate surface area is 219 Å². The SMILES string of the molecule is Clc1cccc(-c2ccc3sc4c(-c5ccccc5)cc(-c5cccc6ccccc56)cc4c3c2)c1. The van der Waals surface area contributed by atoms with E-state index in [0.29, 0.717) is 0 Å². The average Bonchev–Trinajstić information content (AvgIpc) is 3.30. The van der Waals surface area contributed by atoms with Crippen LogP contribution in [-0.4, -0.2) is 0 Å². The molecule has 1 heterocycles. The zero-order chi connectivity index (χ0) is 24.1. The normalized spacial score (nSPS) is 11.5. The first-order valence-electron chi connectivity index (χ1n) is 12.0. The van der Waals surface area contributed by atoms with Gasteiger partial charge in [-0.05, 0) is 75.0 Å². The Morgan fingerprint density at radius 2 is 1.17 bits per heavy atom. The van der Waals surface area contributed by atoms with Gasteiger partial charge in [-0.25, -0.2) is 0 Å². The van der Waals surface area contributed by atoms with E-state index in [1.807, 2.05) is 29.5 Å². The molecule has 0 nitrogen and oxygen atoms in total. The Bertz CT molecular complexity index is 1890. The molecule has 0 bridgehead atoms. The quantitative estimate of drug-likeness (QED) is 0.228. The van der Waals surface area contributed by atoms with Crippen molar-refractivity contribution < 1.29 is 0 Å². The predicted molar refractivity (Wildman–Crippen MR) is 158 cm³/mol. The van der Waals surface area contributed by atoms with E-state index in [4.69, 9.17) is 11.6 Å².